The monoisotopic (exact) mass is 278 g/mol. The Bertz CT molecular complexity index is 284. The molecule has 2 aliphatic carbocycles. The van der Waals surface area contributed by atoms with Gasteiger partial charge in [0.05, 0.1) is 0 Å². The molecule has 0 aromatic heterocycles. The van der Waals surface area contributed by atoms with Crippen LogP contribution >= 0.6 is 0 Å². The third-order valence-electron chi connectivity index (χ3n) is 7.27. The van der Waals surface area contributed by atoms with Gasteiger partial charge in [0.1, 0.15) is 0 Å². The van der Waals surface area contributed by atoms with Gasteiger partial charge in [-0.2, -0.15) is 0 Å². The van der Waals surface area contributed by atoms with Gasteiger partial charge in [0, 0.05) is 0 Å². The summed E-state index contributed by atoms with van der Waals surface area (Å²) in [6, 6.07) is 0. The largest absolute Gasteiger partial charge is 0.0625 e. The van der Waals surface area contributed by atoms with Crippen LogP contribution in [0.15, 0.2) is 0 Å². The molecule has 0 saturated heterocycles. The molecule has 0 aliphatic heterocycles. The lowest BCUT2D eigenvalue weighted by molar-refractivity contribution is -0.121. The lowest BCUT2D eigenvalue weighted by Gasteiger charge is -2.61. The van der Waals surface area contributed by atoms with E-state index in [9.17, 15) is 0 Å². The minimum Gasteiger partial charge on any atom is -0.0625 e. The van der Waals surface area contributed by atoms with Crippen LogP contribution < -0.4 is 0 Å². The van der Waals surface area contributed by atoms with Crippen molar-refractivity contribution in [2.45, 2.75) is 92.9 Å². The molecule has 0 amide bonds. The van der Waals surface area contributed by atoms with Gasteiger partial charge in [-0.05, 0) is 60.2 Å². The van der Waals surface area contributed by atoms with Crippen LogP contribution in [0.1, 0.15) is 92.9 Å². The predicted octanol–water partition coefficient (Wildman–Crippen LogP) is 6.69. The zero-order chi connectivity index (χ0) is 15.0. The fourth-order valence-corrected chi connectivity index (χ4v) is 6.29. The summed E-state index contributed by atoms with van der Waals surface area (Å²) in [5.74, 6) is 3.58. The Labute approximate surface area is 128 Å². The Morgan fingerprint density at radius 2 is 1.05 bits per heavy atom. The molecule has 0 aromatic rings. The maximum Gasteiger partial charge on any atom is -0.0213 e. The highest BCUT2D eigenvalue weighted by molar-refractivity contribution is 5.05. The van der Waals surface area contributed by atoms with Gasteiger partial charge in [-0.15, -0.1) is 0 Å². The Balaban J connectivity index is 2.42. The van der Waals surface area contributed by atoms with E-state index in [4.69, 9.17) is 0 Å². The molecule has 0 heteroatoms. The highest BCUT2D eigenvalue weighted by Crippen LogP contribution is 2.64. The van der Waals surface area contributed by atoms with Crippen molar-refractivity contribution >= 4 is 0 Å². The molecular weight excluding hydrogens is 240 g/mol. The van der Waals surface area contributed by atoms with Gasteiger partial charge in [0.2, 0.25) is 0 Å². The Morgan fingerprint density at radius 1 is 0.700 bits per heavy atom. The SMILES string of the molecule is CC1CCCC(C(C)C)(C2(C(C)C)CCCC(C)C2)C1. The van der Waals surface area contributed by atoms with Gasteiger partial charge < -0.3 is 0 Å². The van der Waals surface area contributed by atoms with E-state index < -0.39 is 0 Å². The molecule has 0 bridgehead atoms. The summed E-state index contributed by atoms with van der Waals surface area (Å²) in [5, 5.41) is 0. The number of hydrogen-bond acceptors (Lipinski definition) is 0. The third kappa shape index (κ3) is 2.57. The van der Waals surface area contributed by atoms with Crippen molar-refractivity contribution in [2.24, 2.45) is 34.5 Å². The lowest BCUT2D eigenvalue weighted by Crippen LogP contribution is -2.53. The summed E-state index contributed by atoms with van der Waals surface area (Å²) in [6.45, 7) is 15.1. The third-order valence-corrected chi connectivity index (χ3v) is 7.27. The average Bonchev–Trinajstić information content (AvgIpc) is 2.37. The van der Waals surface area contributed by atoms with Crippen molar-refractivity contribution in [2.75, 3.05) is 0 Å². The molecular formula is C20H38. The second kappa shape index (κ2) is 6.01. The zero-order valence-corrected chi connectivity index (χ0v) is 15.0. The van der Waals surface area contributed by atoms with Crippen LogP contribution in [-0.2, 0) is 0 Å². The second-order valence-electron chi connectivity index (χ2n) is 9.02. The lowest BCUT2D eigenvalue weighted by atomic mass is 9.43. The van der Waals surface area contributed by atoms with E-state index in [-0.39, 0.29) is 0 Å². The van der Waals surface area contributed by atoms with Crippen LogP contribution in [0.4, 0.5) is 0 Å². The van der Waals surface area contributed by atoms with Crippen LogP contribution in [-0.4, -0.2) is 0 Å². The van der Waals surface area contributed by atoms with Crippen LogP contribution in [0.5, 0.6) is 0 Å². The Hall–Kier alpha value is 0. The average molecular weight is 279 g/mol. The van der Waals surface area contributed by atoms with Crippen molar-refractivity contribution in [1.82, 2.24) is 0 Å². The first-order chi connectivity index (χ1) is 9.34. The molecule has 2 fully saturated rings. The molecule has 4 atom stereocenters. The van der Waals surface area contributed by atoms with E-state index in [1.165, 1.54) is 51.4 Å². The molecule has 2 aliphatic rings. The van der Waals surface area contributed by atoms with Crippen LogP contribution in [0.3, 0.4) is 0 Å². The maximum atomic E-state index is 2.53. The van der Waals surface area contributed by atoms with Crippen molar-refractivity contribution in [1.29, 1.82) is 0 Å². The maximum absolute atomic E-state index is 2.53. The molecule has 0 spiro atoms. The first kappa shape index (κ1) is 16.4. The van der Waals surface area contributed by atoms with E-state index in [0.717, 1.165) is 23.7 Å². The van der Waals surface area contributed by atoms with Crippen LogP contribution in [0, 0.1) is 34.5 Å². The van der Waals surface area contributed by atoms with Crippen LogP contribution in [0.25, 0.3) is 0 Å². The van der Waals surface area contributed by atoms with Crippen molar-refractivity contribution in [3.8, 4) is 0 Å². The molecule has 0 aromatic carbocycles. The molecule has 118 valence electrons. The smallest absolute Gasteiger partial charge is 0.0213 e. The van der Waals surface area contributed by atoms with E-state index in [1.54, 1.807) is 0 Å². The van der Waals surface area contributed by atoms with Gasteiger partial charge in [-0.3, -0.25) is 0 Å². The van der Waals surface area contributed by atoms with Gasteiger partial charge in [-0.25, -0.2) is 0 Å². The zero-order valence-electron chi connectivity index (χ0n) is 15.0. The fraction of sp³-hybridized carbons (Fsp3) is 1.00. The summed E-state index contributed by atoms with van der Waals surface area (Å²) in [7, 11) is 0. The van der Waals surface area contributed by atoms with Crippen molar-refractivity contribution in [3.05, 3.63) is 0 Å². The van der Waals surface area contributed by atoms with Crippen molar-refractivity contribution < 1.29 is 0 Å². The highest BCUT2D eigenvalue weighted by atomic mass is 14.6. The molecule has 20 heavy (non-hydrogen) atoms. The molecule has 2 saturated carbocycles. The van der Waals surface area contributed by atoms with Gasteiger partial charge in [0.25, 0.3) is 0 Å². The minimum absolute atomic E-state index is 0.619. The highest BCUT2D eigenvalue weighted by Gasteiger charge is 2.56. The first-order valence-corrected chi connectivity index (χ1v) is 9.34. The van der Waals surface area contributed by atoms with Crippen molar-refractivity contribution in [3.63, 3.8) is 0 Å². The van der Waals surface area contributed by atoms with E-state index >= 15 is 0 Å². The summed E-state index contributed by atoms with van der Waals surface area (Å²) in [5.41, 5.74) is 1.24. The predicted molar refractivity (Wildman–Crippen MR) is 89.8 cm³/mol. The number of hydrogen-bond donors (Lipinski definition) is 0. The number of rotatable bonds is 3. The fourth-order valence-electron chi connectivity index (χ4n) is 6.29. The standard InChI is InChI=1S/C20H38/c1-15(2)19(11-7-9-17(5)13-19)20(16(3)4)12-8-10-18(6)14-20/h15-18H,7-14H2,1-6H3. The Kier molecular flexibility index (Phi) is 4.92. The Morgan fingerprint density at radius 3 is 1.30 bits per heavy atom. The molecule has 0 heterocycles. The minimum atomic E-state index is 0.619. The normalized spacial score (nSPS) is 43.2. The summed E-state index contributed by atoms with van der Waals surface area (Å²) < 4.78 is 0. The topological polar surface area (TPSA) is 0 Å². The summed E-state index contributed by atoms with van der Waals surface area (Å²) in [6.07, 6.45) is 11.9. The molecule has 0 radical (unpaired) electrons. The molecule has 0 nitrogen and oxygen atoms in total. The van der Waals surface area contributed by atoms with E-state index in [0.29, 0.717) is 10.8 Å². The van der Waals surface area contributed by atoms with Gasteiger partial charge in [-0.1, -0.05) is 67.2 Å². The second-order valence-corrected chi connectivity index (χ2v) is 9.02. The molecule has 2 rings (SSSR count). The van der Waals surface area contributed by atoms with Crippen LogP contribution in [0.2, 0.25) is 0 Å². The van der Waals surface area contributed by atoms with E-state index in [2.05, 4.69) is 41.5 Å². The first-order valence-electron chi connectivity index (χ1n) is 9.34. The van der Waals surface area contributed by atoms with Gasteiger partial charge >= 0.3 is 0 Å². The molecule has 4 unspecified atom stereocenters. The van der Waals surface area contributed by atoms with Gasteiger partial charge in [0.15, 0.2) is 0 Å². The summed E-state index contributed by atoms with van der Waals surface area (Å²) in [4.78, 5) is 0. The van der Waals surface area contributed by atoms with E-state index in [1.807, 2.05) is 0 Å². The quantitative estimate of drug-likeness (QED) is 0.539. The molecule has 0 N–H and O–H groups in total. The summed E-state index contributed by atoms with van der Waals surface area (Å²) >= 11 is 0.